The molecule has 0 saturated carbocycles. The highest BCUT2D eigenvalue weighted by molar-refractivity contribution is 7.58. The lowest BCUT2D eigenvalue weighted by atomic mass is 10.5. The average Bonchev–Trinajstić information content (AvgIpc) is 2.34. The van der Waals surface area contributed by atoms with Gasteiger partial charge in [0.1, 0.15) is 0 Å². The van der Waals surface area contributed by atoms with E-state index in [-0.39, 0.29) is 31.6 Å². The molecule has 0 bridgehead atoms. The van der Waals surface area contributed by atoms with Gasteiger partial charge in [-0.3, -0.25) is 29.4 Å². The second-order valence-electron chi connectivity index (χ2n) is 4.42. The van der Waals surface area contributed by atoms with E-state index in [1.54, 1.807) is 0 Å². The minimum Gasteiger partial charge on any atom is -0.481 e. The third kappa shape index (κ3) is 12.7. The molecule has 0 aliphatic carbocycles. The highest BCUT2D eigenvalue weighted by Gasteiger charge is 2.20. The van der Waals surface area contributed by atoms with Gasteiger partial charge in [0.25, 0.3) is 0 Å². The second-order valence-corrected chi connectivity index (χ2v) is 9.33. The highest BCUT2D eigenvalue weighted by Crippen LogP contribution is 2.40. The third-order valence-electron chi connectivity index (χ3n) is 2.32. The zero-order valence-corrected chi connectivity index (χ0v) is 13.1. The molecule has 12 heteroatoms. The Labute approximate surface area is 121 Å². The normalized spacial score (nSPS) is 16.9. The SMILES string of the molecule is O=C(O)CCP(=O)(O)CNCNCP(=O)(O)CCC(=O)O. The predicted molar refractivity (Wildman–Crippen MR) is 74.8 cm³/mol. The summed E-state index contributed by atoms with van der Waals surface area (Å²) in [6, 6.07) is 0. The summed E-state index contributed by atoms with van der Waals surface area (Å²) in [5.74, 6) is -2.33. The van der Waals surface area contributed by atoms with Gasteiger partial charge in [0.15, 0.2) is 0 Å². The Bertz CT molecular complexity index is 415. The molecule has 0 saturated heterocycles. The van der Waals surface area contributed by atoms with Crippen LogP contribution in [0.1, 0.15) is 12.8 Å². The van der Waals surface area contributed by atoms with Crippen molar-refractivity contribution in [3.63, 3.8) is 0 Å². The number of carbonyl (C=O) groups is 2. The standard InChI is InChI=1S/C9H20N2O8P2/c12-8(13)1-3-20(16,17)6-10-5-11-7-21(18,19)4-2-9(14)15/h10-11H,1-7H2,(H,12,13)(H,14,15)(H,16,17)(H,18,19). The largest absolute Gasteiger partial charge is 0.481 e. The van der Waals surface area contributed by atoms with Gasteiger partial charge in [-0.25, -0.2) is 0 Å². The molecule has 2 atom stereocenters. The lowest BCUT2D eigenvalue weighted by Crippen LogP contribution is -2.31. The first-order valence-corrected chi connectivity index (χ1v) is 10.1. The third-order valence-corrected chi connectivity index (χ3v) is 5.60. The van der Waals surface area contributed by atoms with Crippen molar-refractivity contribution in [3.8, 4) is 0 Å². The number of carboxylic acid groups (broad SMARTS) is 2. The minimum absolute atomic E-state index is 0.0325. The molecule has 0 fully saturated rings. The Morgan fingerprint density at radius 1 is 0.810 bits per heavy atom. The first-order chi connectivity index (χ1) is 9.54. The van der Waals surface area contributed by atoms with Gasteiger partial charge < -0.3 is 20.0 Å². The van der Waals surface area contributed by atoms with Crippen molar-refractivity contribution in [2.24, 2.45) is 0 Å². The van der Waals surface area contributed by atoms with Gasteiger partial charge in [-0.1, -0.05) is 0 Å². The van der Waals surface area contributed by atoms with Gasteiger partial charge in [0.05, 0.1) is 25.4 Å². The summed E-state index contributed by atoms with van der Waals surface area (Å²) in [5, 5.41) is 21.8. The van der Waals surface area contributed by atoms with E-state index in [0.29, 0.717) is 0 Å². The van der Waals surface area contributed by atoms with Crippen LogP contribution in [0, 0.1) is 0 Å². The molecule has 124 valence electrons. The topological polar surface area (TPSA) is 173 Å². The van der Waals surface area contributed by atoms with Crippen LogP contribution in [0.4, 0.5) is 0 Å². The summed E-state index contributed by atoms with van der Waals surface area (Å²) in [7, 11) is -7.19. The van der Waals surface area contributed by atoms with Gasteiger partial charge in [-0.15, -0.1) is 0 Å². The molecule has 0 aliphatic heterocycles. The molecule has 0 aromatic heterocycles. The van der Waals surface area contributed by atoms with E-state index in [1.165, 1.54) is 0 Å². The zero-order valence-electron chi connectivity index (χ0n) is 11.3. The summed E-state index contributed by atoms with van der Waals surface area (Å²) in [4.78, 5) is 39.4. The molecule has 0 aliphatic rings. The predicted octanol–water partition coefficient (Wildman–Crippen LogP) is -0.472. The fourth-order valence-corrected chi connectivity index (χ4v) is 3.57. The van der Waals surface area contributed by atoms with E-state index in [0.717, 1.165) is 0 Å². The van der Waals surface area contributed by atoms with Crippen molar-refractivity contribution in [2.75, 3.05) is 31.6 Å². The van der Waals surface area contributed by atoms with Crippen molar-refractivity contribution >= 4 is 26.7 Å². The van der Waals surface area contributed by atoms with E-state index in [9.17, 15) is 28.5 Å². The smallest absolute Gasteiger partial charge is 0.303 e. The lowest BCUT2D eigenvalue weighted by molar-refractivity contribution is -0.137. The number of rotatable bonds is 12. The van der Waals surface area contributed by atoms with Crippen molar-refractivity contribution in [1.82, 2.24) is 10.6 Å². The Morgan fingerprint density at radius 3 is 1.43 bits per heavy atom. The van der Waals surface area contributed by atoms with E-state index in [4.69, 9.17) is 10.2 Å². The lowest BCUT2D eigenvalue weighted by Gasteiger charge is -2.14. The number of hydrogen-bond acceptors (Lipinski definition) is 6. The molecule has 0 spiro atoms. The number of carboxylic acids is 2. The van der Waals surface area contributed by atoms with E-state index in [1.807, 2.05) is 0 Å². The molecular formula is C9H20N2O8P2. The second kappa shape index (κ2) is 9.30. The molecule has 0 amide bonds. The molecule has 0 aromatic carbocycles. The molecule has 0 heterocycles. The highest BCUT2D eigenvalue weighted by atomic mass is 31.2. The van der Waals surface area contributed by atoms with Crippen LogP contribution in [0.5, 0.6) is 0 Å². The van der Waals surface area contributed by atoms with Gasteiger partial charge in [-0.2, -0.15) is 0 Å². The maximum Gasteiger partial charge on any atom is 0.303 e. The minimum atomic E-state index is -3.59. The molecular weight excluding hydrogens is 326 g/mol. The maximum atomic E-state index is 11.5. The molecule has 0 radical (unpaired) electrons. The maximum absolute atomic E-state index is 11.5. The summed E-state index contributed by atoms with van der Waals surface area (Å²) < 4.78 is 23.0. The molecule has 0 aromatic rings. The molecule has 21 heavy (non-hydrogen) atoms. The molecule has 6 N–H and O–H groups in total. The summed E-state index contributed by atoms with van der Waals surface area (Å²) in [5.41, 5.74) is 0. The van der Waals surface area contributed by atoms with E-state index < -0.39 is 39.5 Å². The van der Waals surface area contributed by atoms with Crippen LogP contribution >= 0.6 is 14.7 Å². The van der Waals surface area contributed by atoms with Gasteiger partial charge in [-0.05, 0) is 0 Å². The zero-order chi connectivity index (χ0) is 16.5. The van der Waals surface area contributed by atoms with Crippen molar-refractivity contribution in [1.29, 1.82) is 0 Å². The molecule has 10 nitrogen and oxygen atoms in total. The van der Waals surface area contributed by atoms with Crippen LogP contribution < -0.4 is 10.6 Å². The monoisotopic (exact) mass is 346 g/mol. The Morgan fingerprint density at radius 2 is 1.14 bits per heavy atom. The van der Waals surface area contributed by atoms with Gasteiger partial charge in [0.2, 0.25) is 14.7 Å². The van der Waals surface area contributed by atoms with Crippen LogP contribution in [0.15, 0.2) is 0 Å². The summed E-state index contributed by atoms with van der Waals surface area (Å²) in [6.45, 7) is -0.0325. The first-order valence-electron chi connectivity index (χ1n) is 6.01. The Kier molecular flexibility index (Phi) is 8.96. The van der Waals surface area contributed by atoms with Crippen LogP contribution in [0.25, 0.3) is 0 Å². The first kappa shape index (κ1) is 20.2. The summed E-state index contributed by atoms with van der Waals surface area (Å²) >= 11 is 0. The van der Waals surface area contributed by atoms with Gasteiger partial charge >= 0.3 is 11.9 Å². The van der Waals surface area contributed by atoms with Crippen LogP contribution in [-0.4, -0.2) is 63.5 Å². The Hall–Kier alpha value is -0.760. The van der Waals surface area contributed by atoms with Gasteiger partial charge in [0, 0.05) is 19.0 Å². The fraction of sp³-hybridized carbons (Fsp3) is 0.778. The van der Waals surface area contributed by atoms with Crippen LogP contribution in [0.3, 0.4) is 0 Å². The van der Waals surface area contributed by atoms with Crippen LogP contribution in [0.2, 0.25) is 0 Å². The number of hydrogen-bond donors (Lipinski definition) is 6. The van der Waals surface area contributed by atoms with Crippen LogP contribution in [-0.2, 0) is 18.7 Å². The van der Waals surface area contributed by atoms with Crippen molar-refractivity contribution < 1.29 is 38.7 Å². The summed E-state index contributed by atoms with van der Waals surface area (Å²) in [6.07, 6.45) is -2.18. The molecule has 2 unspecified atom stereocenters. The van der Waals surface area contributed by atoms with Crippen molar-refractivity contribution in [3.05, 3.63) is 0 Å². The fourth-order valence-electron chi connectivity index (χ4n) is 1.25. The van der Waals surface area contributed by atoms with Crippen molar-refractivity contribution in [2.45, 2.75) is 12.8 Å². The molecule has 0 rings (SSSR count). The number of nitrogens with one attached hydrogen (secondary N) is 2. The van der Waals surface area contributed by atoms with E-state index >= 15 is 0 Å². The number of aliphatic carboxylic acids is 2. The quantitative estimate of drug-likeness (QED) is 0.154. The average molecular weight is 346 g/mol. The Balaban J connectivity index is 3.85. The van der Waals surface area contributed by atoms with E-state index in [2.05, 4.69) is 10.6 Å².